The molecule has 0 spiro atoms. The number of aliphatic imine (C=N–C) groups is 1. The number of carbonyl (C=O) groups is 2. The lowest BCUT2D eigenvalue weighted by Gasteiger charge is -2.30. The molecule has 3 aliphatic heterocycles. The van der Waals surface area contributed by atoms with Gasteiger partial charge in [0, 0.05) is 36.4 Å². The molecule has 4 rings (SSSR count). The van der Waals surface area contributed by atoms with Gasteiger partial charge in [0.15, 0.2) is 0 Å². The molecule has 1 aromatic rings. The Morgan fingerprint density at radius 1 is 1.15 bits per heavy atom. The van der Waals surface area contributed by atoms with Crippen LogP contribution in [0.4, 0.5) is 21.0 Å². The number of rotatable bonds is 0. The predicted molar refractivity (Wildman–Crippen MR) is 92.4 cm³/mol. The smallest absolute Gasteiger partial charge is 0.415 e. The number of benzene rings is 1. The van der Waals surface area contributed by atoms with E-state index in [1.807, 2.05) is 4.90 Å². The van der Waals surface area contributed by atoms with Crippen molar-refractivity contribution in [2.75, 3.05) is 11.4 Å². The molecule has 9 nitrogen and oxygen atoms in total. The van der Waals surface area contributed by atoms with E-state index in [2.05, 4.69) is 4.99 Å². The lowest BCUT2D eigenvalue weighted by molar-refractivity contribution is 0.173. The first-order valence-corrected chi connectivity index (χ1v) is 7.74. The molecule has 9 heteroatoms. The van der Waals surface area contributed by atoms with Crippen LogP contribution in [0.15, 0.2) is 53.8 Å². The molecule has 0 atom stereocenters. The number of carboxylic acid groups (broad SMARTS) is 2. The van der Waals surface area contributed by atoms with E-state index >= 15 is 0 Å². The summed E-state index contributed by atoms with van der Waals surface area (Å²) in [5.74, 6) is 0.525. The molecule has 3 heterocycles. The molecule has 1 aromatic carbocycles. The second-order valence-electron chi connectivity index (χ2n) is 5.74. The molecule has 26 heavy (non-hydrogen) atoms. The zero-order valence-corrected chi connectivity index (χ0v) is 13.4. The van der Waals surface area contributed by atoms with Crippen LogP contribution in [0.25, 0.3) is 0 Å². The standard InChI is InChI=1S/C17H14N4O5/c22-16(23)20-5-4-19-9-11-7-13-14(21(17(24)25)3-2-18-13)8-15(11)26-6-1-12(19)10-20/h1-2,4-8,10H,3,9H2,(H,22,23)(H,24,25). The number of fused-ring (bicyclic) bond motifs is 3. The first-order chi connectivity index (χ1) is 12.5. The number of amides is 2. The average molecular weight is 354 g/mol. The Labute approximate surface area is 148 Å². The topological polar surface area (TPSA) is 106 Å². The van der Waals surface area contributed by atoms with Gasteiger partial charge >= 0.3 is 12.2 Å². The summed E-state index contributed by atoms with van der Waals surface area (Å²) in [6.07, 6.45) is 7.09. The van der Waals surface area contributed by atoms with Crippen molar-refractivity contribution in [2.45, 2.75) is 6.54 Å². The second kappa shape index (κ2) is 5.96. The zero-order valence-electron chi connectivity index (χ0n) is 13.4. The quantitative estimate of drug-likeness (QED) is 0.742. The molecule has 0 unspecified atom stereocenters. The molecule has 0 saturated heterocycles. The highest BCUT2D eigenvalue weighted by Crippen LogP contribution is 2.39. The van der Waals surface area contributed by atoms with Gasteiger partial charge in [0.2, 0.25) is 0 Å². The normalized spacial score (nSPS) is 17.4. The van der Waals surface area contributed by atoms with E-state index in [-0.39, 0.29) is 6.54 Å². The van der Waals surface area contributed by atoms with Crippen LogP contribution in [0.1, 0.15) is 5.56 Å². The van der Waals surface area contributed by atoms with Gasteiger partial charge in [-0.05, 0) is 12.1 Å². The highest BCUT2D eigenvalue weighted by Gasteiger charge is 2.25. The van der Waals surface area contributed by atoms with Gasteiger partial charge in [-0.15, -0.1) is 0 Å². The third-order valence-corrected chi connectivity index (χ3v) is 4.18. The molecule has 0 aliphatic carbocycles. The van der Waals surface area contributed by atoms with Gasteiger partial charge < -0.3 is 19.8 Å². The van der Waals surface area contributed by atoms with Crippen LogP contribution in [0, 0.1) is 0 Å². The fourth-order valence-electron chi connectivity index (χ4n) is 2.91. The molecule has 3 aliphatic rings. The molecular weight excluding hydrogens is 340 g/mol. The first-order valence-electron chi connectivity index (χ1n) is 7.74. The first kappa shape index (κ1) is 15.8. The average Bonchev–Trinajstić information content (AvgIpc) is 2.60. The molecular formula is C17H14N4O5. The van der Waals surface area contributed by atoms with Gasteiger partial charge in [0.05, 0.1) is 36.4 Å². The Bertz CT molecular complexity index is 918. The van der Waals surface area contributed by atoms with Crippen molar-refractivity contribution in [3.63, 3.8) is 0 Å². The maximum atomic E-state index is 11.4. The highest BCUT2D eigenvalue weighted by molar-refractivity contribution is 5.97. The van der Waals surface area contributed by atoms with Crippen molar-refractivity contribution in [1.29, 1.82) is 0 Å². The summed E-state index contributed by atoms with van der Waals surface area (Å²) < 4.78 is 5.66. The SMILES string of the molecule is O=C(O)N1C=CN2Cc3cc4c(cc3OC=CC2=C1)N(C(=O)O)CC=N4. The van der Waals surface area contributed by atoms with E-state index in [0.29, 0.717) is 29.4 Å². The van der Waals surface area contributed by atoms with E-state index in [4.69, 9.17) is 9.84 Å². The summed E-state index contributed by atoms with van der Waals surface area (Å²) >= 11 is 0. The zero-order chi connectivity index (χ0) is 18.3. The fourth-order valence-corrected chi connectivity index (χ4v) is 2.91. The number of hydrogen-bond donors (Lipinski definition) is 2. The number of anilines is 1. The Morgan fingerprint density at radius 2 is 2.00 bits per heavy atom. The van der Waals surface area contributed by atoms with Gasteiger partial charge in [0.25, 0.3) is 0 Å². The van der Waals surface area contributed by atoms with Crippen molar-refractivity contribution in [3.8, 4) is 5.75 Å². The number of allylic oxidation sites excluding steroid dienone is 1. The van der Waals surface area contributed by atoms with Crippen molar-refractivity contribution < 1.29 is 24.5 Å². The highest BCUT2D eigenvalue weighted by atomic mass is 16.5. The number of ether oxygens (including phenoxy) is 1. The van der Waals surface area contributed by atoms with Gasteiger partial charge in [0.1, 0.15) is 5.75 Å². The summed E-state index contributed by atoms with van der Waals surface area (Å²) in [6, 6.07) is 3.44. The maximum Gasteiger partial charge on any atom is 0.415 e. The van der Waals surface area contributed by atoms with E-state index in [1.165, 1.54) is 23.6 Å². The van der Waals surface area contributed by atoms with Crippen LogP contribution >= 0.6 is 0 Å². The molecule has 0 bridgehead atoms. The molecule has 0 aromatic heterocycles. The maximum absolute atomic E-state index is 11.4. The minimum atomic E-state index is -1.08. The van der Waals surface area contributed by atoms with E-state index in [0.717, 1.165) is 10.5 Å². The third kappa shape index (κ3) is 2.65. The molecule has 0 fully saturated rings. The lowest BCUT2D eigenvalue weighted by atomic mass is 10.1. The van der Waals surface area contributed by atoms with E-state index in [1.54, 1.807) is 30.6 Å². The van der Waals surface area contributed by atoms with Crippen molar-refractivity contribution >= 4 is 29.8 Å². The van der Waals surface area contributed by atoms with Gasteiger partial charge in [-0.3, -0.25) is 14.8 Å². The van der Waals surface area contributed by atoms with Crippen LogP contribution in [-0.4, -0.2) is 45.0 Å². The largest absolute Gasteiger partial charge is 0.465 e. The molecule has 0 saturated carbocycles. The van der Waals surface area contributed by atoms with Crippen molar-refractivity contribution in [3.05, 3.63) is 54.3 Å². The lowest BCUT2D eigenvalue weighted by Crippen LogP contribution is -2.32. The predicted octanol–water partition coefficient (Wildman–Crippen LogP) is 2.90. The van der Waals surface area contributed by atoms with Gasteiger partial charge in [-0.1, -0.05) is 0 Å². The Morgan fingerprint density at radius 3 is 2.77 bits per heavy atom. The second-order valence-corrected chi connectivity index (χ2v) is 5.74. The summed E-state index contributed by atoms with van der Waals surface area (Å²) in [4.78, 5) is 30.9. The van der Waals surface area contributed by atoms with Crippen LogP contribution in [0.2, 0.25) is 0 Å². The van der Waals surface area contributed by atoms with Crippen LogP contribution in [-0.2, 0) is 6.54 Å². The molecule has 2 amide bonds. The molecule has 132 valence electrons. The summed E-state index contributed by atoms with van der Waals surface area (Å²) in [7, 11) is 0. The van der Waals surface area contributed by atoms with Crippen molar-refractivity contribution in [2.24, 2.45) is 4.99 Å². The van der Waals surface area contributed by atoms with E-state index in [9.17, 15) is 14.7 Å². The summed E-state index contributed by atoms with van der Waals surface area (Å²) in [5, 5.41) is 18.4. The van der Waals surface area contributed by atoms with Gasteiger partial charge in [-0.25, -0.2) is 9.59 Å². The monoisotopic (exact) mass is 354 g/mol. The van der Waals surface area contributed by atoms with Crippen molar-refractivity contribution in [1.82, 2.24) is 9.80 Å². The van der Waals surface area contributed by atoms with Crippen LogP contribution in [0.5, 0.6) is 5.75 Å². The Balaban J connectivity index is 1.72. The summed E-state index contributed by atoms with van der Waals surface area (Å²) in [6.45, 7) is 0.606. The molecule has 0 radical (unpaired) electrons. The van der Waals surface area contributed by atoms with E-state index < -0.39 is 12.2 Å². The van der Waals surface area contributed by atoms with Crippen LogP contribution < -0.4 is 9.64 Å². The Hall–Kier alpha value is -3.75. The molecule has 2 N–H and O–H groups in total. The minimum Gasteiger partial charge on any atom is -0.465 e. The van der Waals surface area contributed by atoms with Crippen LogP contribution in [0.3, 0.4) is 0 Å². The third-order valence-electron chi connectivity index (χ3n) is 4.18. The summed E-state index contributed by atoms with van der Waals surface area (Å²) in [5.41, 5.74) is 2.46. The number of hydrogen-bond acceptors (Lipinski definition) is 5. The van der Waals surface area contributed by atoms with Gasteiger partial charge in [-0.2, -0.15) is 0 Å². The number of nitrogens with zero attached hydrogens (tertiary/aromatic N) is 4. The fraction of sp³-hybridized carbons (Fsp3) is 0.118. The Kier molecular flexibility index (Phi) is 3.61. The minimum absolute atomic E-state index is 0.184.